The van der Waals surface area contributed by atoms with Crippen molar-refractivity contribution in [3.63, 3.8) is 0 Å². The molecule has 0 aromatic carbocycles. The van der Waals surface area contributed by atoms with Gasteiger partial charge in [-0.25, -0.2) is 0 Å². The van der Waals surface area contributed by atoms with E-state index in [9.17, 15) is 66.1 Å². The maximum absolute atomic E-state index is 12.5. The van der Waals surface area contributed by atoms with Crippen LogP contribution in [0.15, 0.2) is 0 Å². The van der Waals surface area contributed by atoms with Gasteiger partial charge in [-0.1, -0.05) is 0 Å². The first-order valence-electron chi connectivity index (χ1n) is 17.6. The Hall–Kier alpha value is -1.37. The molecule has 1 unspecified atom stereocenters. The summed E-state index contributed by atoms with van der Waals surface area (Å²) in [4.78, 5) is 12.5. The molecule has 314 valence electrons. The molecule has 5 heterocycles. The zero-order valence-electron chi connectivity index (χ0n) is 29.7. The fraction of sp³-hybridized carbons (Fsp3) is 0.968. The Bertz CT molecular complexity index is 1220. The number of aliphatic hydroxyl groups excluding tert-OH is 12. The van der Waals surface area contributed by atoms with Gasteiger partial charge in [-0.15, -0.1) is 0 Å². The number of hydrogen-bond acceptors (Lipinski definition) is 22. The van der Waals surface area contributed by atoms with Gasteiger partial charge in [-0.05, 0) is 20.8 Å². The maximum atomic E-state index is 12.5. The molecule has 0 saturated carbocycles. The molecule has 0 aromatic heterocycles. The zero-order chi connectivity index (χ0) is 39.9. The molecule has 5 aliphatic rings. The zero-order valence-corrected chi connectivity index (χ0v) is 29.7. The highest BCUT2D eigenvalue weighted by Crippen LogP contribution is 2.36. The fourth-order valence-corrected chi connectivity index (χ4v) is 7.02. The second-order valence-electron chi connectivity index (χ2n) is 14.1. The molecule has 23 nitrogen and oxygen atoms in total. The lowest BCUT2D eigenvalue weighted by atomic mass is 9.94. The Balaban J connectivity index is 1.40. The summed E-state index contributed by atoms with van der Waals surface area (Å²) in [6, 6.07) is -1.58. The van der Waals surface area contributed by atoms with Crippen LogP contribution in [-0.2, 0) is 47.4 Å². The van der Waals surface area contributed by atoms with Crippen molar-refractivity contribution in [3.8, 4) is 0 Å². The van der Waals surface area contributed by atoms with Crippen LogP contribution in [-0.4, -0.2) is 228 Å². The topological polar surface area (TPSA) is 355 Å². The van der Waals surface area contributed by atoms with Gasteiger partial charge in [0.25, 0.3) is 0 Å². The van der Waals surface area contributed by atoms with Crippen molar-refractivity contribution < 1.29 is 109 Å². The first kappa shape index (κ1) is 43.7. The number of carbonyl (C=O) groups excluding carboxylic acids is 1. The summed E-state index contributed by atoms with van der Waals surface area (Å²) in [6.07, 6.45) is -36.7. The summed E-state index contributed by atoms with van der Waals surface area (Å²) in [5.41, 5.74) is 0. The summed E-state index contributed by atoms with van der Waals surface area (Å²) in [5, 5.41) is 129. The van der Waals surface area contributed by atoms with Crippen LogP contribution in [0.1, 0.15) is 27.7 Å². The average molecular weight is 792 g/mol. The summed E-state index contributed by atoms with van der Waals surface area (Å²) < 4.78 is 51.2. The second kappa shape index (κ2) is 18.0. The molecular formula is C31H53NO22. The van der Waals surface area contributed by atoms with Gasteiger partial charge in [0.1, 0.15) is 97.6 Å². The third-order valence-electron chi connectivity index (χ3n) is 10.3. The van der Waals surface area contributed by atoms with Crippen molar-refractivity contribution in [1.29, 1.82) is 0 Å². The molecule has 13 N–H and O–H groups in total. The number of hydrogen-bond donors (Lipinski definition) is 13. The van der Waals surface area contributed by atoms with E-state index in [2.05, 4.69) is 5.32 Å². The molecule has 54 heavy (non-hydrogen) atoms. The quantitative estimate of drug-likeness (QED) is 0.0924. The third kappa shape index (κ3) is 8.86. The van der Waals surface area contributed by atoms with E-state index >= 15 is 0 Å². The molecule has 5 aliphatic heterocycles. The molecule has 0 spiro atoms. The van der Waals surface area contributed by atoms with Gasteiger partial charge in [0.05, 0.1) is 31.5 Å². The van der Waals surface area contributed by atoms with Gasteiger partial charge in [-0.2, -0.15) is 0 Å². The highest BCUT2D eigenvalue weighted by molar-refractivity contribution is 5.73. The lowest BCUT2D eigenvalue weighted by molar-refractivity contribution is -0.382. The number of aliphatic hydroxyl groups is 12. The van der Waals surface area contributed by atoms with Crippen molar-refractivity contribution >= 4 is 5.91 Å². The highest BCUT2D eigenvalue weighted by Gasteiger charge is 2.56. The van der Waals surface area contributed by atoms with Crippen LogP contribution in [0.5, 0.6) is 0 Å². The minimum atomic E-state index is -1.93. The monoisotopic (exact) mass is 791 g/mol. The molecule has 24 atom stereocenters. The van der Waals surface area contributed by atoms with Crippen LogP contribution in [0, 0.1) is 0 Å². The van der Waals surface area contributed by atoms with E-state index in [1.54, 1.807) is 0 Å². The summed E-state index contributed by atoms with van der Waals surface area (Å²) in [7, 11) is 0. The number of ether oxygens (including phenoxy) is 9. The molecular weight excluding hydrogens is 738 g/mol. The number of amides is 1. The maximum Gasteiger partial charge on any atom is 0.217 e. The Morgan fingerprint density at radius 3 is 1.52 bits per heavy atom. The average Bonchev–Trinajstić information content (AvgIpc) is 3.40. The minimum absolute atomic E-state index is 0.686. The molecule has 1 amide bonds. The smallest absolute Gasteiger partial charge is 0.217 e. The number of nitrogens with one attached hydrogen (secondary N) is 1. The van der Waals surface area contributed by atoms with Crippen molar-refractivity contribution in [3.05, 3.63) is 0 Å². The first-order valence-corrected chi connectivity index (χ1v) is 17.6. The molecule has 5 rings (SSSR count). The van der Waals surface area contributed by atoms with Crippen LogP contribution in [0.3, 0.4) is 0 Å². The SMILES string of the molecule is CC(=O)N[C@H]1[C@H](O[C@H]2[C@H](O[C@H]3C(O)O[C@H](CO)[C@H]3O)O[C@@H](C)[C@H](O)[C@H]2O)O[C@H](CO)[C@@H](O)[C@@H]1O[C@@H]1O[C@@H](C)[C@H](O)[C@@H](O[C@@H]2O[C@@H](C)[C@H](O)[C@@H](O)[C@H]2O)[C@H]1O. The lowest BCUT2D eigenvalue weighted by Crippen LogP contribution is -2.70. The third-order valence-corrected chi connectivity index (χ3v) is 10.3. The molecule has 23 heteroatoms. The van der Waals surface area contributed by atoms with Gasteiger partial charge in [0.2, 0.25) is 5.91 Å². The first-order chi connectivity index (χ1) is 25.4. The van der Waals surface area contributed by atoms with Crippen LogP contribution in [0.4, 0.5) is 0 Å². The minimum Gasteiger partial charge on any atom is -0.394 e. The highest BCUT2D eigenvalue weighted by atomic mass is 16.8. The van der Waals surface area contributed by atoms with Crippen LogP contribution in [0.25, 0.3) is 0 Å². The Kier molecular flexibility index (Phi) is 14.6. The van der Waals surface area contributed by atoms with Crippen molar-refractivity contribution in [2.45, 2.75) is 175 Å². The summed E-state index contributed by atoms with van der Waals surface area (Å²) in [6.45, 7) is 3.67. The van der Waals surface area contributed by atoms with E-state index in [1.807, 2.05) is 0 Å². The molecule has 0 aromatic rings. The van der Waals surface area contributed by atoms with Crippen molar-refractivity contribution in [1.82, 2.24) is 5.32 Å². The van der Waals surface area contributed by atoms with E-state index in [4.69, 9.17) is 42.6 Å². The second-order valence-corrected chi connectivity index (χ2v) is 14.1. The summed E-state index contributed by atoms with van der Waals surface area (Å²) >= 11 is 0. The van der Waals surface area contributed by atoms with Crippen LogP contribution >= 0.6 is 0 Å². The molecule has 5 fully saturated rings. The van der Waals surface area contributed by atoms with E-state index in [-0.39, 0.29) is 0 Å². The van der Waals surface area contributed by atoms with Gasteiger partial charge in [0, 0.05) is 6.92 Å². The fourth-order valence-electron chi connectivity index (χ4n) is 7.02. The van der Waals surface area contributed by atoms with Gasteiger partial charge in [-0.3, -0.25) is 4.79 Å². The van der Waals surface area contributed by atoms with E-state index in [0.29, 0.717) is 0 Å². The predicted octanol–water partition coefficient (Wildman–Crippen LogP) is -8.06. The number of carbonyl (C=O) groups is 1. The van der Waals surface area contributed by atoms with Crippen molar-refractivity contribution in [2.75, 3.05) is 13.2 Å². The van der Waals surface area contributed by atoms with E-state index in [0.717, 1.165) is 6.92 Å². The van der Waals surface area contributed by atoms with Gasteiger partial charge in [0.15, 0.2) is 31.5 Å². The van der Waals surface area contributed by atoms with Crippen LogP contribution < -0.4 is 5.32 Å². The molecule has 0 bridgehead atoms. The Morgan fingerprint density at radius 1 is 0.481 bits per heavy atom. The standard InChI is InChI=1S/C31H53NO22/c1-7-14(36)19(41)21(43)29(46-7)52-24-16(38)9(3)47-30(22(24)44)51-23-13(32-10(4)35)28(50-12(6-34)17(23)39)54-26-20(42)15(37)8(2)48-31(26)53-25-18(40)11(5-33)49-27(25)45/h7-9,11-31,33-34,36-45H,5-6H2,1-4H3,(H,32,35)/t7-,8-,9-,11+,12+,13+,14-,15-,16-,17+,18+,19+,20+,21+,22+,23+,24+,25+,26+,27?,28-,29-,30-,31-/m0/s1. The van der Waals surface area contributed by atoms with Crippen LogP contribution in [0.2, 0.25) is 0 Å². The Labute approximate surface area is 308 Å². The van der Waals surface area contributed by atoms with Crippen molar-refractivity contribution in [2.24, 2.45) is 0 Å². The molecule has 0 radical (unpaired) electrons. The summed E-state index contributed by atoms with van der Waals surface area (Å²) in [5.74, 6) is -0.736. The van der Waals surface area contributed by atoms with Gasteiger partial charge >= 0.3 is 0 Å². The largest absolute Gasteiger partial charge is 0.394 e. The van der Waals surface area contributed by atoms with Gasteiger partial charge < -0.3 is 109 Å². The van der Waals surface area contributed by atoms with E-state index < -0.39 is 166 Å². The lowest BCUT2D eigenvalue weighted by Gasteiger charge is -2.50. The molecule has 0 aliphatic carbocycles. The molecule has 5 saturated heterocycles. The number of rotatable bonds is 11. The Morgan fingerprint density at radius 2 is 0.944 bits per heavy atom. The van der Waals surface area contributed by atoms with E-state index in [1.165, 1.54) is 20.8 Å². The normalized spacial score (nSPS) is 53.0. The predicted molar refractivity (Wildman–Crippen MR) is 168 cm³/mol.